The van der Waals surface area contributed by atoms with E-state index in [9.17, 15) is 4.79 Å². The smallest absolute Gasteiger partial charge is 0.258 e. The molecule has 2 aromatic rings. The molecule has 18 heavy (non-hydrogen) atoms. The number of benzene rings is 1. The van der Waals surface area contributed by atoms with Crippen molar-refractivity contribution in [3.63, 3.8) is 0 Å². The van der Waals surface area contributed by atoms with Crippen molar-refractivity contribution in [1.82, 2.24) is 15.2 Å². The van der Waals surface area contributed by atoms with Crippen LogP contribution in [-0.4, -0.2) is 27.9 Å². The van der Waals surface area contributed by atoms with Gasteiger partial charge in [-0.05, 0) is 25.1 Å². The Kier molecular flexibility index (Phi) is 2.36. The number of carbonyl (C=O) groups is 1. The number of nitrogens with one attached hydrogen (secondary N) is 2. The van der Waals surface area contributed by atoms with Gasteiger partial charge in [-0.2, -0.15) is 4.98 Å². The molecule has 2 N–H and O–H groups in total. The highest BCUT2D eigenvalue weighted by Crippen LogP contribution is 2.32. The number of aryl methyl sites for hydroxylation is 1. The molecule has 7 nitrogen and oxygen atoms in total. The van der Waals surface area contributed by atoms with Crippen molar-refractivity contribution in [3.8, 4) is 11.5 Å². The highest BCUT2D eigenvalue weighted by molar-refractivity contribution is 6.03. The van der Waals surface area contributed by atoms with Gasteiger partial charge in [0, 0.05) is 5.56 Å². The summed E-state index contributed by atoms with van der Waals surface area (Å²) >= 11 is 0. The van der Waals surface area contributed by atoms with Crippen LogP contribution in [0.15, 0.2) is 18.2 Å². The topological polar surface area (TPSA) is 89.1 Å². The van der Waals surface area contributed by atoms with E-state index < -0.39 is 0 Å². The summed E-state index contributed by atoms with van der Waals surface area (Å²) in [6.45, 7) is 1.93. The monoisotopic (exact) mass is 246 g/mol. The lowest BCUT2D eigenvalue weighted by molar-refractivity contribution is 0.102. The molecule has 1 aromatic heterocycles. The van der Waals surface area contributed by atoms with E-state index in [0.717, 1.165) is 0 Å². The van der Waals surface area contributed by atoms with Crippen LogP contribution in [0.4, 0.5) is 5.95 Å². The van der Waals surface area contributed by atoms with Gasteiger partial charge in [0.05, 0.1) is 0 Å². The standard InChI is InChI=1S/C11H10N4O3/c1-6-12-11(15-14-6)13-10(16)7-2-3-8-9(4-7)18-5-17-8/h2-4H,5H2,1H3,(H2,12,13,14,15,16). The minimum Gasteiger partial charge on any atom is -0.454 e. The van der Waals surface area contributed by atoms with Crippen LogP contribution in [0, 0.1) is 6.92 Å². The number of carbonyl (C=O) groups excluding carboxylic acids is 1. The first-order valence-corrected chi connectivity index (χ1v) is 5.32. The molecule has 0 saturated carbocycles. The van der Waals surface area contributed by atoms with Gasteiger partial charge in [0.15, 0.2) is 11.5 Å². The van der Waals surface area contributed by atoms with Crippen molar-refractivity contribution in [2.75, 3.05) is 12.1 Å². The third kappa shape index (κ3) is 1.86. The van der Waals surface area contributed by atoms with Crippen molar-refractivity contribution in [1.29, 1.82) is 0 Å². The number of aromatic nitrogens is 3. The Morgan fingerprint density at radius 1 is 1.39 bits per heavy atom. The molecule has 0 radical (unpaired) electrons. The molecular formula is C11H10N4O3. The molecule has 0 fully saturated rings. The maximum absolute atomic E-state index is 11.9. The number of hydrogen-bond acceptors (Lipinski definition) is 5. The molecule has 3 rings (SSSR count). The molecule has 92 valence electrons. The van der Waals surface area contributed by atoms with Gasteiger partial charge in [0.25, 0.3) is 5.91 Å². The number of amides is 1. The van der Waals surface area contributed by atoms with Gasteiger partial charge >= 0.3 is 0 Å². The van der Waals surface area contributed by atoms with Crippen molar-refractivity contribution >= 4 is 11.9 Å². The van der Waals surface area contributed by atoms with E-state index in [4.69, 9.17) is 9.47 Å². The molecule has 1 aliphatic heterocycles. The summed E-state index contributed by atoms with van der Waals surface area (Å²) in [5, 5.41) is 9.06. The second-order valence-corrected chi connectivity index (χ2v) is 3.77. The van der Waals surface area contributed by atoms with Crippen molar-refractivity contribution in [2.24, 2.45) is 0 Å². The van der Waals surface area contributed by atoms with Crippen LogP contribution in [0.3, 0.4) is 0 Å². The summed E-state index contributed by atoms with van der Waals surface area (Å²) < 4.78 is 10.4. The van der Waals surface area contributed by atoms with Gasteiger partial charge in [-0.1, -0.05) is 0 Å². The zero-order valence-electron chi connectivity index (χ0n) is 9.56. The Morgan fingerprint density at radius 2 is 2.22 bits per heavy atom. The average Bonchev–Trinajstić information content (AvgIpc) is 2.96. The zero-order valence-corrected chi connectivity index (χ0v) is 9.56. The molecule has 0 aliphatic carbocycles. The number of rotatable bonds is 2. The van der Waals surface area contributed by atoms with Crippen LogP contribution in [-0.2, 0) is 0 Å². The van der Waals surface area contributed by atoms with Gasteiger partial charge in [-0.3, -0.25) is 15.2 Å². The number of H-pyrrole nitrogens is 1. The van der Waals surface area contributed by atoms with E-state index in [-0.39, 0.29) is 18.6 Å². The minimum atomic E-state index is -0.299. The molecule has 1 amide bonds. The fourth-order valence-electron chi connectivity index (χ4n) is 1.61. The lowest BCUT2D eigenvalue weighted by Gasteiger charge is -2.02. The third-order valence-corrected chi connectivity index (χ3v) is 2.46. The summed E-state index contributed by atoms with van der Waals surface area (Å²) in [4.78, 5) is 15.9. The molecule has 0 bridgehead atoms. The molecule has 1 aromatic carbocycles. The van der Waals surface area contributed by atoms with Crippen molar-refractivity contribution < 1.29 is 14.3 Å². The van der Waals surface area contributed by atoms with Crippen LogP contribution >= 0.6 is 0 Å². The van der Waals surface area contributed by atoms with Crippen molar-refractivity contribution in [3.05, 3.63) is 29.6 Å². The number of nitrogens with zero attached hydrogens (tertiary/aromatic N) is 2. The number of anilines is 1. The number of ether oxygens (including phenoxy) is 2. The first-order chi connectivity index (χ1) is 8.72. The first kappa shape index (κ1) is 10.6. The molecule has 2 heterocycles. The Labute approximate surface area is 102 Å². The van der Waals surface area contributed by atoms with Crippen LogP contribution < -0.4 is 14.8 Å². The maximum atomic E-state index is 11.9. The summed E-state index contributed by atoms with van der Waals surface area (Å²) in [5.41, 5.74) is 0.460. The van der Waals surface area contributed by atoms with Gasteiger partial charge in [-0.25, -0.2) is 0 Å². The SMILES string of the molecule is Cc1nc(NC(=O)c2ccc3c(c2)OCO3)n[nH]1. The maximum Gasteiger partial charge on any atom is 0.258 e. The molecular weight excluding hydrogens is 236 g/mol. The average molecular weight is 246 g/mol. The second-order valence-electron chi connectivity index (χ2n) is 3.77. The van der Waals surface area contributed by atoms with Crippen LogP contribution in [0.1, 0.15) is 16.2 Å². The summed E-state index contributed by atoms with van der Waals surface area (Å²) in [6.07, 6.45) is 0. The fraction of sp³-hybridized carbons (Fsp3) is 0.182. The fourth-order valence-corrected chi connectivity index (χ4v) is 1.61. The lowest BCUT2D eigenvalue weighted by Crippen LogP contribution is -2.12. The molecule has 0 atom stereocenters. The number of fused-ring (bicyclic) bond motifs is 1. The Hall–Kier alpha value is -2.57. The normalized spacial score (nSPS) is 12.5. The predicted molar refractivity (Wildman–Crippen MR) is 61.6 cm³/mol. The highest BCUT2D eigenvalue weighted by atomic mass is 16.7. The van der Waals surface area contributed by atoms with Crippen LogP contribution in [0.25, 0.3) is 0 Å². The summed E-state index contributed by atoms with van der Waals surface area (Å²) in [7, 11) is 0. The first-order valence-electron chi connectivity index (χ1n) is 5.32. The summed E-state index contributed by atoms with van der Waals surface area (Å²) in [6, 6.07) is 4.97. The van der Waals surface area contributed by atoms with Gasteiger partial charge in [-0.15, -0.1) is 5.10 Å². The van der Waals surface area contributed by atoms with Crippen LogP contribution in [0.5, 0.6) is 11.5 Å². The largest absolute Gasteiger partial charge is 0.454 e. The van der Waals surface area contributed by atoms with E-state index in [1.807, 2.05) is 0 Å². The van der Waals surface area contributed by atoms with E-state index >= 15 is 0 Å². The number of aromatic amines is 1. The molecule has 0 spiro atoms. The molecule has 1 aliphatic rings. The van der Waals surface area contributed by atoms with Crippen molar-refractivity contribution in [2.45, 2.75) is 6.92 Å². The Morgan fingerprint density at radius 3 is 3.00 bits per heavy atom. The van der Waals surface area contributed by atoms with Gasteiger partial charge in [0.1, 0.15) is 5.82 Å². The zero-order chi connectivity index (χ0) is 12.5. The molecule has 0 unspecified atom stereocenters. The quantitative estimate of drug-likeness (QED) is 0.828. The second kappa shape index (κ2) is 4.02. The Balaban J connectivity index is 1.80. The lowest BCUT2D eigenvalue weighted by atomic mass is 10.2. The van der Waals surface area contributed by atoms with Gasteiger partial charge in [0.2, 0.25) is 12.7 Å². The summed E-state index contributed by atoms with van der Waals surface area (Å²) in [5.74, 6) is 1.78. The van der Waals surface area contributed by atoms with Gasteiger partial charge < -0.3 is 9.47 Å². The van der Waals surface area contributed by atoms with E-state index in [1.54, 1.807) is 25.1 Å². The van der Waals surface area contributed by atoms with Crippen LogP contribution in [0.2, 0.25) is 0 Å². The third-order valence-electron chi connectivity index (χ3n) is 2.46. The molecule has 0 saturated heterocycles. The number of hydrogen-bond donors (Lipinski definition) is 2. The van der Waals surface area contributed by atoms with E-state index in [1.165, 1.54) is 0 Å². The predicted octanol–water partition coefficient (Wildman–Crippen LogP) is 1.09. The Bertz CT molecular complexity index is 608. The highest BCUT2D eigenvalue weighted by Gasteiger charge is 2.16. The van der Waals surface area contributed by atoms with E-state index in [2.05, 4.69) is 20.5 Å². The molecule has 7 heteroatoms. The minimum absolute atomic E-state index is 0.181. The van der Waals surface area contributed by atoms with E-state index in [0.29, 0.717) is 22.9 Å².